The van der Waals surface area contributed by atoms with Crippen LogP contribution in [0.5, 0.6) is 11.5 Å². The normalized spacial score (nSPS) is 20.0. The number of amides is 2. The average molecular weight is 320 g/mol. The molecule has 2 aliphatic heterocycles. The predicted octanol–water partition coefficient (Wildman–Crippen LogP) is 1.46. The molecule has 0 saturated carbocycles. The minimum absolute atomic E-state index is 0.235. The Labute approximate surface area is 134 Å². The van der Waals surface area contributed by atoms with E-state index in [1.807, 2.05) is 18.2 Å². The van der Waals surface area contributed by atoms with E-state index in [2.05, 4.69) is 5.32 Å². The zero-order valence-electron chi connectivity index (χ0n) is 12.8. The number of aliphatic carboxylic acids is 1. The Hall–Kier alpha value is -2.44. The number of benzene rings is 1. The first kappa shape index (κ1) is 15.5. The van der Waals surface area contributed by atoms with Crippen LogP contribution in [-0.2, 0) is 11.3 Å². The molecule has 7 heteroatoms. The standard InChI is InChI=1S/C16H20N2O5/c19-15(20)12-4-5-18(10-12)16(21)17-9-11-2-3-13-14(8-11)23-7-1-6-22-13/h2-3,8,12H,1,4-7,9-10H2,(H,17,21)(H,19,20). The fourth-order valence-corrected chi connectivity index (χ4v) is 2.75. The van der Waals surface area contributed by atoms with E-state index in [-0.39, 0.29) is 12.6 Å². The van der Waals surface area contributed by atoms with Crippen LogP contribution in [-0.4, -0.2) is 48.3 Å². The van der Waals surface area contributed by atoms with Gasteiger partial charge in [-0.25, -0.2) is 4.79 Å². The number of carboxylic acids is 1. The Morgan fingerprint density at radius 2 is 2.04 bits per heavy atom. The van der Waals surface area contributed by atoms with Gasteiger partial charge in [0.15, 0.2) is 11.5 Å². The molecule has 1 fully saturated rings. The maximum absolute atomic E-state index is 12.1. The molecular formula is C16H20N2O5. The average Bonchev–Trinajstić information content (AvgIpc) is 2.93. The number of hydrogen-bond acceptors (Lipinski definition) is 4. The second-order valence-electron chi connectivity index (χ2n) is 5.76. The number of nitrogens with zero attached hydrogens (tertiary/aromatic N) is 1. The first-order valence-corrected chi connectivity index (χ1v) is 7.77. The molecule has 0 bridgehead atoms. The van der Waals surface area contributed by atoms with Gasteiger partial charge < -0.3 is 24.8 Å². The molecule has 7 nitrogen and oxygen atoms in total. The molecule has 23 heavy (non-hydrogen) atoms. The molecule has 0 spiro atoms. The number of carbonyl (C=O) groups excluding carboxylic acids is 1. The molecule has 2 aliphatic rings. The topological polar surface area (TPSA) is 88.1 Å². The van der Waals surface area contributed by atoms with E-state index in [1.54, 1.807) is 4.90 Å². The smallest absolute Gasteiger partial charge is 0.317 e. The lowest BCUT2D eigenvalue weighted by molar-refractivity contribution is -0.141. The van der Waals surface area contributed by atoms with Gasteiger partial charge in [-0.2, -0.15) is 0 Å². The number of likely N-dealkylation sites (tertiary alicyclic amines) is 1. The van der Waals surface area contributed by atoms with E-state index in [0.717, 1.165) is 17.7 Å². The third kappa shape index (κ3) is 3.67. The van der Waals surface area contributed by atoms with Crippen molar-refractivity contribution in [1.82, 2.24) is 10.2 Å². The van der Waals surface area contributed by atoms with Crippen LogP contribution in [0.3, 0.4) is 0 Å². The minimum atomic E-state index is -0.844. The summed E-state index contributed by atoms with van der Waals surface area (Å²) in [6, 6.07) is 5.36. The lowest BCUT2D eigenvalue weighted by Crippen LogP contribution is -2.38. The largest absolute Gasteiger partial charge is 0.490 e. The molecule has 2 N–H and O–H groups in total. The van der Waals surface area contributed by atoms with Crippen molar-refractivity contribution in [2.24, 2.45) is 5.92 Å². The number of nitrogens with one attached hydrogen (secondary N) is 1. The number of fused-ring (bicyclic) bond motifs is 1. The van der Waals surface area contributed by atoms with Crippen molar-refractivity contribution < 1.29 is 24.2 Å². The number of urea groups is 1. The number of rotatable bonds is 3. The third-order valence-corrected chi connectivity index (χ3v) is 4.08. The summed E-state index contributed by atoms with van der Waals surface area (Å²) in [6.45, 7) is 2.37. The Morgan fingerprint density at radius 1 is 1.26 bits per heavy atom. The fourth-order valence-electron chi connectivity index (χ4n) is 2.75. The lowest BCUT2D eigenvalue weighted by atomic mass is 10.1. The number of hydrogen-bond donors (Lipinski definition) is 2. The first-order chi connectivity index (χ1) is 11.1. The van der Waals surface area contributed by atoms with Crippen LogP contribution in [0.4, 0.5) is 4.79 Å². The van der Waals surface area contributed by atoms with Crippen LogP contribution in [0.1, 0.15) is 18.4 Å². The molecule has 1 aromatic carbocycles. The SMILES string of the molecule is O=C(O)C1CCN(C(=O)NCc2ccc3c(c2)OCCCO3)C1. The van der Waals surface area contributed by atoms with Gasteiger partial charge in [0.25, 0.3) is 0 Å². The van der Waals surface area contributed by atoms with Crippen LogP contribution in [0.25, 0.3) is 0 Å². The van der Waals surface area contributed by atoms with Crippen molar-refractivity contribution in [2.75, 3.05) is 26.3 Å². The second kappa shape index (κ2) is 6.76. The molecule has 1 aromatic rings. The Bertz CT molecular complexity index is 604. The van der Waals surface area contributed by atoms with Crippen molar-refractivity contribution in [2.45, 2.75) is 19.4 Å². The highest BCUT2D eigenvalue weighted by Gasteiger charge is 2.30. The van der Waals surface area contributed by atoms with Gasteiger partial charge in [0, 0.05) is 26.1 Å². The molecule has 1 saturated heterocycles. The van der Waals surface area contributed by atoms with E-state index in [0.29, 0.717) is 38.5 Å². The second-order valence-corrected chi connectivity index (χ2v) is 5.76. The van der Waals surface area contributed by atoms with Crippen LogP contribution in [0.2, 0.25) is 0 Å². The number of carbonyl (C=O) groups is 2. The predicted molar refractivity (Wildman–Crippen MR) is 81.6 cm³/mol. The lowest BCUT2D eigenvalue weighted by Gasteiger charge is -2.17. The quantitative estimate of drug-likeness (QED) is 0.880. The molecule has 1 atom stereocenters. The fraction of sp³-hybridized carbons (Fsp3) is 0.500. The summed E-state index contributed by atoms with van der Waals surface area (Å²) in [4.78, 5) is 24.6. The molecule has 2 heterocycles. The Kier molecular flexibility index (Phi) is 4.55. The number of ether oxygens (including phenoxy) is 2. The van der Waals surface area contributed by atoms with Crippen molar-refractivity contribution in [3.63, 3.8) is 0 Å². The Balaban J connectivity index is 1.55. The molecule has 3 rings (SSSR count). The van der Waals surface area contributed by atoms with Crippen molar-refractivity contribution in [1.29, 1.82) is 0 Å². The highest BCUT2D eigenvalue weighted by atomic mass is 16.5. The molecule has 1 unspecified atom stereocenters. The summed E-state index contributed by atoms with van der Waals surface area (Å²) in [5.41, 5.74) is 0.914. The van der Waals surface area contributed by atoms with E-state index < -0.39 is 11.9 Å². The van der Waals surface area contributed by atoms with Crippen molar-refractivity contribution in [3.8, 4) is 11.5 Å². The van der Waals surface area contributed by atoms with Crippen LogP contribution < -0.4 is 14.8 Å². The molecule has 0 aliphatic carbocycles. The molecule has 0 aromatic heterocycles. The summed E-state index contributed by atoms with van der Waals surface area (Å²) in [7, 11) is 0. The number of carboxylic acid groups (broad SMARTS) is 1. The molecule has 0 radical (unpaired) electrons. The van der Waals surface area contributed by atoms with Gasteiger partial charge in [-0.1, -0.05) is 6.07 Å². The minimum Gasteiger partial charge on any atom is -0.490 e. The van der Waals surface area contributed by atoms with Gasteiger partial charge in [-0.3, -0.25) is 4.79 Å². The van der Waals surface area contributed by atoms with Gasteiger partial charge in [0.2, 0.25) is 0 Å². The van der Waals surface area contributed by atoms with Gasteiger partial charge >= 0.3 is 12.0 Å². The van der Waals surface area contributed by atoms with Crippen LogP contribution in [0, 0.1) is 5.92 Å². The van der Waals surface area contributed by atoms with E-state index in [9.17, 15) is 9.59 Å². The van der Waals surface area contributed by atoms with Gasteiger partial charge in [-0.05, 0) is 24.1 Å². The molecule has 2 amide bonds. The van der Waals surface area contributed by atoms with Crippen molar-refractivity contribution >= 4 is 12.0 Å². The van der Waals surface area contributed by atoms with Gasteiger partial charge in [0.05, 0.1) is 19.1 Å². The molecular weight excluding hydrogens is 300 g/mol. The molecule has 124 valence electrons. The zero-order chi connectivity index (χ0) is 16.2. The van der Waals surface area contributed by atoms with Crippen LogP contribution >= 0.6 is 0 Å². The highest BCUT2D eigenvalue weighted by molar-refractivity contribution is 5.77. The van der Waals surface area contributed by atoms with Crippen LogP contribution in [0.15, 0.2) is 18.2 Å². The van der Waals surface area contributed by atoms with E-state index in [4.69, 9.17) is 14.6 Å². The van der Waals surface area contributed by atoms with Crippen molar-refractivity contribution in [3.05, 3.63) is 23.8 Å². The van der Waals surface area contributed by atoms with Gasteiger partial charge in [0.1, 0.15) is 0 Å². The first-order valence-electron chi connectivity index (χ1n) is 7.77. The third-order valence-electron chi connectivity index (χ3n) is 4.08. The maximum atomic E-state index is 12.1. The summed E-state index contributed by atoms with van der Waals surface area (Å²) in [6.07, 6.45) is 1.35. The summed E-state index contributed by atoms with van der Waals surface area (Å²) in [5.74, 6) is 0.116. The Morgan fingerprint density at radius 3 is 2.78 bits per heavy atom. The summed E-state index contributed by atoms with van der Waals surface area (Å²) < 4.78 is 11.2. The summed E-state index contributed by atoms with van der Waals surface area (Å²) in [5, 5.41) is 11.8. The van der Waals surface area contributed by atoms with Gasteiger partial charge in [-0.15, -0.1) is 0 Å². The summed E-state index contributed by atoms with van der Waals surface area (Å²) >= 11 is 0. The zero-order valence-corrected chi connectivity index (χ0v) is 12.8. The van der Waals surface area contributed by atoms with E-state index in [1.165, 1.54) is 0 Å². The highest BCUT2D eigenvalue weighted by Crippen LogP contribution is 2.30. The maximum Gasteiger partial charge on any atom is 0.317 e. The van der Waals surface area contributed by atoms with E-state index >= 15 is 0 Å². The monoisotopic (exact) mass is 320 g/mol.